The maximum absolute atomic E-state index is 16.2. The number of nitrogens with zero attached hydrogens (tertiary/aromatic N) is 1. The highest BCUT2D eigenvalue weighted by Gasteiger charge is 2.62. The molecule has 2 aromatic rings. The van der Waals surface area contributed by atoms with Gasteiger partial charge < -0.3 is 26.0 Å². The van der Waals surface area contributed by atoms with Crippen molar-refractivity contribution in [3.05, 3.63) is 41.5 Å². The SMILES string of the molecule is CC12CC=C3C(O)C4(F)CC(O)CCC4CC[C@]3(O)C1CC=C2c1ccc2nc(N)[nH]c2c1. The van der Waals surface area contributed by atoms with Gasteiger partial charge in [0.25, 0.3) is 0 Å². The van der Waals surface area contributed by atoms with Crippen LogP contribution in [-0.2, 0) is 0 Å². The molecule has 7 heteroatoms. The van der Waals surface area contributed by atoms with Crippen LogP contribution >= 0.6 is 0 Å². The summed E-state index contributed by atoms with van der Waals surface area (Å²) in [6, 6.07) is 6.04. The van der Waals surface area contributed by atoms with E-state index in [1.165, 1.54) is 0 Å². The molecule has 176 valence electrons. The van der Waals surface area contributed by atoms with E-state index in [2.05, 4.69) is 29.0 Å². The van der Waals surface area contributed by atoms with E-state index in [0.717, 1.165) is 22.2 Å². The number of aliphatic hydroxyl groups excluding tert-OH is 2. The van der Waals surface area contributed by atoms with Gasteiger partial charge in [0.15, 0.2) is 5.95 Å². The van der Waals surface area contributed by atoms with Crippen molar-refractivity contribution in [3.63, 3.8) is 0 Å². The average Bonchev–Trinajstić information content (AvgIpc) is 3.29. The minimum absolute atomic E-state index is 0.0645. The van der Waals surface area contributed by atoms with Gasteiger partial charge in [-0.1, -0.05) is 25.1 Å². The Bertz CT molecular complexity index is 1190. The van der Waals surface area contributed by atoms with Gasteiger partial charge in [0.2, 0.25) is 0 Å². The molecule has 0 bridgehead atoms. The van der Waals surface area contributed by atoms with E-state index in [-0.39, 0.29) is 23.7 Å². The molecule has 6 unspecified atom stereocenters. The van der Waals surface area contributed by atoms with Gasteiger partial charge in [-0.05, 0) is 73.3 Å². The Balaban J connectivity index is 1.39. The van der Waals surface area contributed by atoms with Crippen molar-refractivity contribution < 1.29 is 19.7 Å². The number of benzene rings is 1. The summed E-state index contributed by atoms with van der Waals surface area (Å²) in [7, 11) is 0. The van der Waals surface area contributed by atoms with E-state index in [0.29, 0.717) is 50.0 Å². The molecule has 0 amide bonds. The molecule has 7 atom stereocenters. The van der Waals surface area contributed by atoms with Crippen LogP contribution in [-0.4, -0.2) is 48.8 Å². The molecule has 0 saturated heterocycles. The number of H-pyrrole nitrogens is 1. The predicted octanol–water partition coefficient (Wildman–Crippen LogP) is 3.64. The summed E-state index contributed by atoms with van der Waals surface area (Å²) in [6.07, 6.45) is 5.20. The first kappa shape index (κ1) is 21.3. The third kappa shape index (κ3) is 2.85. The summed E-state index contributed by atoms with van der Waals surface area (Å²) in [6.45, 7) is 2.17. The molecule has 4 aliphatic rings. The highest BCUT2D eigenvalue weighted by atomic mass is 19.1. The lowest BCUT2D eigenvalue weighted by Crippen LogP contribution is -2.55. The Morgan fingerprint density at radius 1 is 1.18 bits per heavy atom. The molecule has 6 N–H and O–H groups in total. The minimum atomic E-state index is -1.89. The number of rotatable bonds is 1. The molecule has 1 aromatic heterocycles. The number of hydrogen-bond acceptors (Lipinski definition) is 5. The first-order valence-electron chi connectivity index (χ1n) is 12.1. The lowest BCUT2D eigenvalue weighted by atomic mass is 9.57. The number of alkyl halides is 1. The van der Waals surface area contributed by atoms with Gasteiger partial charge >= 0.3 is 0 Å². The number of halogens is 1. The van der Waals surface area contributed by atoms with Crippen LogP contribution in [0.4, 0.5) is 10.3 Å². The van der Waals surface area contributed by atoms with E-state index < -0.39 is 23.5 Å². The van der Waals surface area contributed by atoms with E-state index in [4.69, 9.17) is 5.73 Å². The van der Waals surface area contributed by atoms with E-state index >= 15 is 4.39 Å². The van der Waals surface area contributed by atoms with E-state index in [9.17, 15) is 15.3 Å². The van der Waals surface area contributed by atoms with Gasteiger partial charge in [-0.25, -0.2) is 9.37 Å². The van der Waals surface area contributed by atoms with Gasteiger partial charge in [-0.3, -0.25) is 0 Å². The predicted molar refractivity (Wildman–Crippen MR) is 125 cm³/mol. The maximum atomic E-state index is 16.2. The Hall–Kier alpha value is -2.22. The number of nitrogens with two attached hydrogens (primary N) is 1. The summed E-state index contributed by atoms with van der Waals surface area (Å²) in [5.41, 5.74) is 6.66. The number of imidazole rings is 1. The third-order valence-electron chi connectivity index (χ3n) is 9.27. The second-order valence-corrected chi connectivity index (χ2v) is 11.0. The Morgan fingerprint density at radius 3 is 2.82 bits per heavy atom. The zero-order valence-corrected chi connectivity index (χ0v) is 18.9. The van der Waals surface area contributed by atoms with Crippen LogP contribution in [0, 0.1) is 17.3 Å². The van der Waals surface area contributed by atoms with Crippen molar-refractivity contribution in [1.29, 1.82) is 0 Å². The highest BCUT2D eigenvalue weighted by Crippen LogP contribution is 2.63. The molecular formula is C26H32FN3O3. The number of aromatic nitrogens is 2. The standard InChI is InChI=1S/C26H32FN3O3/c1-24-10-9-18-22(32)25(27)13-16(31)4-3-15(25)8-11-26(18,33)21(24)7-5-17(24)14-2-6-19-20(12-14)30-23(28)29-19/h2,5-6,9,12,15-16,21-22,31-33H,3-4,7-8,10-11,13H2,1H3,(H3,28,29,30)/t15?,16?,21?,22?,24?,25?,26-/m1/s1. The Morgan fingerprint density at radius 2 is 2.00 bits per heavy atom. The number of aliphatic hydroxyl groups is 3. The lowest BCUT2D eigenvalue weighted by Gasteiger charge is -2.50. The van der Waals surface area contributed by atoms with Crippen molar-refractivity contribution in [1.82, 2.24) is 9.97 Å². The van der Waals surface area contributed by atoms with Crippen molar-refractivity contribution in [2.24, 2.45) is 17.3 Å². The summed E-state index contributed by atoms with van der Waals surface area (Å²) in [4.78, 5) is 7.38. The van der Waals surface area contributed by atoms with E-state index in [1.54, 1.807) is 0 Å². The zero-order chi connectivity index (χ0) is 23.2. The summed E-state index contributed by atoms with van der Waals surface area (Å²) in [5, 5.41) is 33.6. The Labute approximate surface area is 192 Å². The number of nitrogen functional groups attached to an aromatic ring is 1. The zero-order valence-electron chi connectivity index (χ0n) is 18.9. The van der Waals surface area contributed by atoms with Gasteiger partial charge in [0.1, 0.15) is 11.8 Å². The van der Waals surface area contributed by atoms with Crippen LogP contribution in [0.15, 0.2) is 35.9 Å². The quantitative estimate of drug-likeness (QED) is 0.423. The molecule has 0 radical (unpaired) electrons. The number of nitrogens with one attached hydrogen (secondary N) is 1. The fourth-order valence-corrected chi connectivity index (χ4v) is 7.54. The Kier molecular flexibility index (Phi) is 4.46. The van der Waals surface area contributed by atoms with Crippen LogP contribution in [0.2, 0.25) is 0 Å². The molecule has 0 aliphatic heterocycles. The number of aromatic amines is 1. The van der Waals surface area contributed by atoms with Crippen LogP contribution in [0.3, 0.4) is 0 Å². The fourth-order valence-electron chi connectivity index (χ4n) is 7.54. The van der Waals surface area contributed by atoms with Crippen LogP contribution < -0.4 is 5.73 Å². The van der Waals surface area contributed by atoms with Crippen LogP contribution in [0.1, 0.15) is 57.4 Å². The fraction of sp³-hybridized carbons (Fsp3) is 0.577. The van der Waals surface area contributed by atoms with Crippen LogP contribution in [0.5, 0.6) is 0 Å². The van der Waals surface area contributed by atoms with Gasteiger partial charge in [0, 0.05) is 17.8 Å². The molecule has 2 saturated carbocycles. The monoisotopic (exact) mass is 453 g/mol. The first-order chi connectivity index (χ1) is 15.6. The number of anilines is 1. The van der Waals surface area contributed by atoms with Gasteiger partial charge in [0.05, 0.1) is 22.7 Å². The van der Waals surface area contributed by atoms with Gasteiger partial charge in [-0.15, -0.1) is 0 Å². The molecule has 1 heterocycles. The third-order valence-corrected chi connectivity index (χ3v) is 9.27. The van der Waals surface area contributed by atoms with Crippen LogP contribution in [0.25, 0.3) is 16.6 Å². The number of hydrogen-bond donors (Lipinski definition) is 5. The summed E-state index contributed by atoms with van der Waals surface area (Å²) < 4.78 is 16.2. The van der Waals surface area contributed by atoms with Gasteiger partial charge in [-0.2, -0.15) is 0 Å². The van der Waals surface area contributed by atoms with Crippen molar-refractivity contribution in [2.75, 3.05) is 5.73 Å². The molecular weight excluding hydrogens is 421 g/mol. The molecule has 0 spiro atoms. The lowest BCUT2D eigenvalue weighted by molar-refractivity contribution is -0.0963. The maximum Gasteiger partial charge on any atom is 0.198 e. The summed E-state index contributed by atoms with van der Waals surface area (Å²) >= 11 is 0. The van der Waals surface area contributed by atoms with Crippen molar-refractivity contribution in [3.8, 4) is 0 Å². The molecule has 6 nitrogen and oxygen atoms in total. The van der Waals surface area contributed by atoms with E-state index in [1.807, 2.05) is 18.2 Å². The first-order valence-corrected chi connectivity index (χ1v) is 12.1. The second-order valence-electron chi connectivity index (χ2n) is 11.0. The summed E-state index contributed by atoms with van der Waals surface area (Å²) in [5.74, 6) is -0.115. The van der Waals surface area contributed by atoms with Crippen molar-refractivity contribution in [2.45, 2.75) is 75.3 Å². The largest absolute Gasteiger partial charge is 0.393 e. The molecule has 4 aliphatic carbocycles. The second kappa shape index (κ2) is 6.90. The number of fused-ring (bicyclic) bond motifs is 5. The molecule has 1 aromatic carbocycles. The topological polar surface area (TPSA) is 115 Å². The molecule has 2 fully saturated rings. The normalized spacial score (nSPS) is 42.7. The highest BCUT2D eigenvalue weighted by molar-refractivity contribution is 5.84. The number of allylic oxidation sites excluding steroid dienone is 3. The molecule has 33 heavy (non-hydrogen) atoms. The minimum Gasteiger partial charge on any atom is -0.393 e. The average molecular weight is 454 g/mol. The van der Waals surface area contributed by atoms with Crippen molar-refractivity contribution >= 4 is 22.6 Å². The molecule has 6 rings (SSSR count). The smallest absolute Gasteiger partial charge is 0.198 e.